The Bertz CT molecular complexity index is 1940. The van der Waals surface area contributed by atoms with Gasteiger partial charge in [0.1, 0.15) is 19.3 Å². The Hall–Kier alpha value is -1.94. The van der Waals surface area contributed by atoms with Crippen LogP contribution in [-0.2, 0) is 65.4 Å². The van der Waals surface area contributed by atoms with Crippen molar-refractivity contribution >= 4 is 39.5 Å². The van der Waals surface area contributed by atoms with Crippen molar-refractivity contribution in [2.24, 2.45) is 23.7 Å². The average molecular weight is 1450 g/mol. The Labute approximate surface area is 607 Å². The molecule has 0 bridgehead atoms. The average Bonchev–Trinajstić information content (AvgIpc) is 1.01. The van der Waals surface area contributed by atoms with E-state index in [1.54, 1.807) is 0 Å². The van der Waals surface area contributed by atoms with E-state index in [4.69, 9.17) is 37.0 Å². The first kappa shape index (κ1) is 97.1. The number of rotatable bonds is 77. The highest BCUT2D eigenvalue weighted by atomic mass is 31.2. The Morgan fingerprint density at radius 1 is 0.283 bits per heavy atom. The standard InChI is InChI=1S/C80H156O17P2/c1-9-72(7)58-50-42-33-27-23-19-15-13-11-12-14-16-21-25-29-35-46-54-63-80(85)97-76(67-91-78(83)61-53-45-39-38-41-49-57-71(5)6)69-95-99(88,89)93-65-74(81)64-92-98(86,87)94-68-75(66-90-77(82)60-52-44-37-31-32-40-48-56-70(3)4)96-79(84)62-55-47-36-30-26-22-18-17-20-24-28-34-43-51-59-73(8)10-2/h70-76,81H,9-69H2,1-8H3,(H,86,87)(H,88,89)/t72?,73?,74-,75-,76-/m1/s1. The highest BCUT2D eigenvalue weighted by Crippen LogP contribution is 2.45. The number of hydrogen-bond donors (Lipinski definition) is 3. The number of carbonyl (C=O) groups is 4. The van der Waals surface area contributed by atoms with Crippen LogP contribution in [0.4, 0.5) is 0 Å². The van der Waals surface area contributed by atoms with E-state index in [9.17, 15) is 43.2 Å². The third-order valence-corrected chi connectivity index (χ3v) is 21.2. The lowest BCUT2D eigenvalue weighted by atomic mass is 9.99. The molecule has 99 heavy (non-hydrogen) atoms. The number of hydrogen-bond acceptors (Lipinski definition) is 15. The Morgan fingerprint density at radius 3 is 0.717 bits per heavy atom. The van der Waals surface area contributed by atoms with Crippen LogP contribution in [0, 0.1) is 23.7 Å². The van der Waals surface area contributed by atoms with Crippen LogP contribution in [0.2, 0.25) is 0 Å². The maximum absolute atomic E-state index is 13.1. The number of aliphatic hydroxyl groups excluding tert-OH is 1. The molecule has 4 unspecified atom stereocenters. The van der Waals surface area contributed by atoms with Gasteiger partial charge < -0.3 is 33.8 Å². The van der Waals surface area contributed by atoms with E-state index in [0.717, 1.165) is 115 Å². The van der Waals surface area contributed by atoms with Crippen LogP contribution >= 0.6 is 15.6 Å². The molecule has 0 amide bonds. The molecule has 3 N–H and O–H groups in total. The van der Waals surface area contributed by atoms with E-state index >= 15 is 0 Å². The number of unbranched alkanes of at least 4 members (excludes halogenated alkanes) is 41. The Kier molecular flexibility index (Phi) is 67.8. The number of carbonyl (C=O) groups excluding carboxylic acids is 4. The molecule has 0 aliphatic heterocycles. The molecule has 0 aliphatic carbocycles. The third-order valence-electron chi connectivity index (χ3n) is 19.3. The molecule has 0 fully saturated rings. The quantitative estimate of drug-likeness (QED) is 0.0222. The minimum Gasteiger partial charge on any atom is -0.462 e. The van der Waals surface area contributed by atoms with Gasteiger partial charge in [0.25, 0.3) is 0 Å². The van der Waals surface area contributed by atoms with Crippen LogP contribution in [-0.4, -0.2) is 96.7 Å². The molecule has 0 saturated carbocycles. The van der Waals surface area contributed by atoms with E-state index < -0.39 is 97.5 Å². The predicted octanol–water partition coefficient (Wildman–Crippen LogP) is 23.6. The molecule has 0 aliphatic rings. The van der Waals surface area contributed by atoms with Crippen molar-refractivity contribution in [3.8, 4) is 0 Å². The molecule has 0 saturated heterocycles. The predicted molar refractivity (Wildman–Crippen MR) is 404 cm³/mol. The smallest absolute Gasteiger partial charge is 0.462 e. The van der Waals surface area contributed by atoms with E-state index in [0.29, 0.717) is 37.5 Å². The topological polar surface area (TPSA) is 237 Å². The van der Waals surface area contributed by atoms with Crippen molar-refractivity contribution in [3.63, 3.8) is 0 Å². The van der Waals surface area contributed by atoms with E-state index in [1.165, 1.54) is 199 Å². The van der Waals surface area contributed by atoms with Crippen LogP contribution in [0.3, 0.4) is 0 Å². The van der Waals surface area contributed by atoms with Crippen LogP contribution in [0.15, 0.2) is 0 Å². The minimum atomic E-state index is -4.96. The van der Waals surface area contributed by atoms with Gasteiger partial charge in [-0.1, -0.05) is 357 Å². The van der Waals surface area contributed by atoms with Gasteiger partial charge in [0.2, 0.25) is 0 Å². The van der Waals surface area contributed by atoms with Crippen LogP contribution < -0.4 is 0 Å². The summed E-state index contributed by atoms with van der Waals surface area (Å²) in [5.41, 5.74) is 0. The summed E-state index contributed by atoms with van der Waals surface area (Å²) in [6, 6.07) is 0. The molecule has 0 radical (unpaired) electrons. The minimum absolute atomic E-state index is 0.106. The second-order valence-electron chi connectivity index (χ2n) is 30.2. The largest absolute Gasteiger partial charge is 0.472 e. The number of esters is 4. The zero-order valence-electron chi connectivity index (χ0n) is 65.1. The summed E-state index contributed by atoms with van der Waals surface area (Å²) < 4.78 is 68.6. The first-order valence-corrected chi connectivity index (χ1v) is 44.3. The molecular formula is C80H156O17P2. The van der Waals surface area contributed by atoms with Crippen molar-refractivity contribution in [1.82, 2.24) is 0 Å². The zero-order valence-corrected chi connectivity index (χ0v) is 66.9. The first-order chi connectivity index (χ1) is 47.7. The number of phosphoric acid groups is 2. The van der Waals surface area contributed by atoms with Crippen molar-refractivity contribution in [3.05, 3.63) is 0 Å². The molecule has 17 nitrogen and oxygen atoms in total. The van der Waals surface area contributed by atoms with Crippen LogP contribution in [0.5, 0.6) is 0 Å². The molecule has 0 rings (SSSR count). The summed E-state index contributed by atoms with van der Waals surface area (Å²) >= 11 is 0. The van der Waals surface area contributed by atoms with Gasteiger partial charge in [-0.05, 0) is 49.4 Å². The maximum Gasteiger partial charge on any atom is 0.472 e. The van der Waals surface area contributed by atoms with Crippen molar-refractivity contribution in [2.45, 2.75) is 427 Å². The summed E-state index contributed by atoms with van der Waals surface area (Å²) in [5, 5.41) is 10.6. The van der Waals surface area contributed by atoms with E-state index in [1.807, 2.05) is 0 Å². The van der Waals surface area contributed by atoms with Crippen molar-refractivity contribution < 1.29 is 80.2 Å². The number of phosphoric ester groups is 2. The lowest BCUT2D eigenvalue weighted by Crippen LogP contribution is -2.30. The molecule has 19 heteroatoms. The number of aliphatic hydroxyl groups is 1. The fraction of sp³-hybridized carbons (Fsp3) is 0.950. The van der Waals surface area contributed by atoms with E-state index in [-0.39, 0.29) is 25.7 Å². The molecule has 0 aromatic rings. The lowest BCUT2D eigenvalue weighted by Gasteiger charge is -2.21. The van der Waals surface area contributed by atoms with Crippen LogP contribution in [0.1, 0.15) is 409 Å². The Morgan fingerprint density at radius 2 is 0.485 bits per heavy atom. The zero-order chi connectivity index (χ0) is 73.1. The van der Waals surface area contributed by atoms with Gasteiger partial charge in [0, 0.05) is 25.7 Å². The monoisotopic (exact) mass is 1450 g/mol. The fourth-order valence-corrected chi connectivity index (χ4v) is 13.8. The summed E-state index contributed by atoms with van der Waals surface area (Å²) in [7, 11) is -9.92. The van der Waals surface area contributed by atoms with Gasteiger partial charge in [0.05, 0.1) is 26.4 Å². The molecular weight excluding hydrogens is 1290 g/mol. The summed E-state index contributed by atoms with van der Waals surface area (Å²) in [6.45, 7) is 14.2. The highest BCUT2D eigenvalue weighted by Gasteiger charge is 2.30. The molecule has 588 valence electrons. The maximum atomic E-state index is 13.1. The molecule has 0 heterocycles. The summed E-state index contributed by atoms with van der Waals surface area (Å²) in [6.07, 6.45) is 55.8. The second kappa shape index (κ2) is 69.1. The Balaban J connectivity index is 5.14. The van der Waals surface area contributed by atoms with Crippen molar-refractivity contribution in [1.29, 1.82) is 0 Å². The van der Waals surface area contributed by atoms with Gasteiger partial charge in [0.15, 0.2) is 12.2 Å². The van der Waals surface area contributed by atoms with E-state index in [2.05, 4.69) is 55.4 Å². The van der Waals surface area contributed by atoms with Crippen molar-refractivity contribution in [2.75, 3.05) is 39.6 Å². The second-order valence-corrected chi connectivity index (χ2v) is 33.1. The third kappa shape index (κ3) is 71.5. The van der Waals surface area contributed by atoms with Gasteiger partial charge >= 0.3 is 39.5 Å². The molecule has 0 spiro atoms. The van der Waals surface area contributed by atoms with Gasteiger partial charge in [-0.2, -0.15) is 0 Å². The van der Waals surface area contributed by atoms with Gasteiger partial charge in [-0.3, -0.25) is 37.3 Å². The molecule has 0 aromatic carbocycles. The first-order valence-electron chi connectivity index (χ1n) is 41.3. The highest BCUT2D eigenvalue weighted by molar-refractivity contribution is 7.47. The van der Waals surface area contributed by atoms with Gasteiger partial charge in [-0.25, -0.2) is 9.13 Å². The fourth-order valence-electron chi connectivity index (χ4n) is 12.2. The van der Waals surface area contributed by atoms with Crippen LogP contribution in [0.25, 0.3) is 0 Å². The molecule has 0 aromatic heterocycles. The summed E-state index contributed by atoms with van der Waals surface area (Å²) in [4.78, 5) is 72.9. The SMILES string of the molecule is CCC(C)CCCCCCCCCCCCCCCCCCCCC(=O)O[C@H](COC(=O)CCCCCCCCC(C)C)COP(=O)(O)OC[C@H](O)COP(=O)(O)OC[C@@H](COC(=O)CCCCCCCCCC(C)C)OC(=O)CCCCCCCCCCCCCCCCC(C)CC. The number of ether oxygens (including phenoxy) is 4. The summed E-state index contributed by atoms with van der Waals surface area (Å²) in [5.74, 6) is 0.981. The normalized spacial score (nSPS) is 14.6. The molecule has 7 atom stereocenters. The van der Waals surface area contributed by atoms with Gasteiger partial charge in [-0.15, -0.1) is 0 Å². The lowest BCUT2D eigenvalue weighted by molar-refractivity contribution is -0.161.